The number of thioether (sulfide) groups is 1. The van der Waals surface area contributed by atoms with Gasteiger partial charge in [-0.25, -0.2) is 4.98 Å². The fraction of sp³-hybridized carbons (Fsp3) is 0.167. The van der Waals surface area contributed by atoms with Gasteiger partial charge in [0.25, 0.3) is 0 Å². The van der Waals surface area contributed by atoms with E-state index in [4.69, 9.17) is 0 Å². The van der Waals surface area contributed by atoms with Gasteiger partial charge in [-0.2, -0.15) is 0 Å². The summed E-state index contributed by atoms with van der Waals surface area (Å²) in [5.41, 5.74) is 2.51. The fourth-order valence-corrected chi connectivity index (χ4v) is 2.88. The van der Waals surface area contributed by atoms with Gasteiger partial charge in [0.2, 0.25) is 0 Å². The van der Waals surface area contributed by atoms with Crippen LogP contribution in [0.2, 0.25) is 0 Å². The number of benzene rings is 1. The van der Waals surface area contributed by atoms with E-state index >= 15 is 0 Å². The zero-order valence-corrected chi connectivity index (χ0v) is 9.41. The number of hydrogen-bond donors (Lipinski definition) is 0. The molecule has 0 aliphatic carbocycles. The summed E-state index contributed by atoms with van der Waals surface area (Å²) in [4.78, 5) is 15.7. The van der Waals surface area contributed by atoms with Gasteiger partial charge in [-0.3, -0.25) is 4.79 Å². The Labute approximate surface area is 97.5 Å². The number of aldehydes is 1. The Morgan fingerprint density at radius 3 is 2.88 bits per heavy atom. The molecule has 0 amide bonds. The smallest absolute Gasteiger partial charge is 0.169 e. The molecule has 0 bridgehead atoms. The molecule has 1 aliphatic heterocycles. The lowest BCUT2D eigenvalue weighted by Crippen LogP contribution is -1.99. The normalized spacial score (nSPS) is 13.8. The van der Waals surface area contributed by atoms with Crippen LogP contribution in [-0.4, -0.2) is 21.6 Å². The maximum atomic E-state index is 11.2. The van der Waals surface area contributed by atoms with E-state index in [1.807, 2.05) is 34.9 Å². The number of rotatable bonds is 2. The molecular weight excluding hydrogens is 220 g/mol. The summed E-state index contributed by atoms with van der Waals surface area (Å²) in [7, 11) is 0. The second-order valence-corrected chi connectivity index (χ2v) is 4.67. The van der Waals surface area contributed by atoms with E-state index in [0.29, 0.717) is 5.69 Å². The molecule has 0 atom stereocenters. The molecule has 2 heterocycles. The van der Waals surface area contributed by atoms with Gasteiger partial charge in [0.05, 0.1) is 0 Å². The van der Waals surface area contributed by atoms with Crippen LogP contribution >= 0.6 is 11.8 Å². The first kappa shape index (κ1) is 9.66. The van der Waals surface area contributed by atoms with E-state index < -0.39 is 0 Å². The molecule has 1 aliphatic rings. The van der Waals surface area contributed by atoms with Crippen LogP contribution < -0.4 is 0 Å². The first-order valence-corrected chi connectivity index (χ1v) is 6.12. The van der Waals surface area contributed by atoms with Crippen molar-refractivity contribution >= 4 is 18.0 Å². The van der Waals surface area contributed by atoms with Crippen LogP contribution in [0, 0.1) is 0 Å². The highest BCUT2D eigenvalue weighted by Gasteiger charge is 2.21. The summed E-state index contributed by atoms with van der Waals surface area (Å²) in [5.74, 6) is 1.01. The van der Waals surface area contributed by atoms with Gasteiger partial charge < -0.3 is 4.57 Å². The van der Waals surface area contributed by atoms with Crippen molar-refractivity contribution in [1.29, 1.82) is 0 Å². The zero-order chi connectivity index (χ0) is 11.0. The molecule has 3 rings (SSSR count). The highest BCUT2D eigenvalue weighted by Crippen LogP contribution is 2.31. The summed E-state index contributed by atoms with van der Waals surface area (Å²) in [5, 5.41) is 0.959. The number of imidazole rings is 1. The second kappa shape index (κ2) is 3.79. The lowest BCUT2D eigenvalue weighted by molar-refractivity contribution is 0.111. The Kier molecular flexibility index (Phi) is 2.29. The highest BCUT2D eigenvalue weighted by atomic mass is 32.2. The van der Waals surface area contributed by atoms with Crippen molar-refractivity contribution in [3.05, 3.63) is 36.0 Å². The third-order valence-corrected chi connectivity index (χ3v) is 3.63. The summed E-state index contributed by atoms with van der Waals surface area (Å²) in [6, 6.07) is 9.84. The Balaban J connectivity index is 2.19. The molecule has 16 heavy (non-hydrogen) atoms. The molecule has 0 saturated carbocycles. The fourth-order valence-electron chi connectivity index (χ4n) is 1.93. The number of aromatic nitrogens is 2. The average Bonchev–Trinajstić information content (AvgIpc) is 2.89. The number of fused-ring (bicyclic) bond motifs is 1. The molecule has 3 nitrogen and oxygen atoms in total. The number of carbonyl (C=O) groups excluding carboxylic acids is 1. The Morgan fingerprint density at radius 1 is 1.31 bits per heavy atom. The van der Waals surface area contributed by atoms with Crippen LogP contribution in [0.5, 0.6) is 0 Å². The van der Waals surface area contributed by atoms with Crippen LogP contribution in [0.25, 0.3) is 11.3 Å². The molecule has 0 fully saturated rings. The van der Waals surface area contributed by atoms with Gasteiger partial charge in [-0.1, -0.05) is 42.1 Å². The molecule has 0 spiro atoms. The minimum atomic E-state index is 0.700. The van der Waals surface area contributed by atoms with E-state index in [1.165, 1.54) is 0 Å². The highest BCUT2D eigenvalue weighted by molar-refractivity contribution is 7.99. The molecule has 0 radical (unpaired) electrons. The van der Waals surface area contributed by atoms with E-state index in [0.717, 1.165) is 35.0 Å². The van der Waals surface area contributed by atoms with Crippen LogP contribution in [0.4, 0.5) is 0 Å². The Hall–Kier alpha value is -1.55. The topological polar surface area (TPSA) is 34.9 Å². The predicted octanol–water partition coefficient (Wildman–Crippen LogP) is 2.47. The minimum absolute atomic E-state index is 0.700. The predicted molar refractivity (Wildman–Crippen MR) is 63.8 cm³/mol. The minimum Gasteiger partial charge on any atom is -0.315 e. The molecule has 2 aromatic rings. The Bertz CT molecular complexity index is 533. The van der Waals surface area contributed by atoms with Gasteiger partial charge in [-0.15, -0.1) is 0 Å². The van der Waals surface area contributed by atoms with E-state index in [9.17, 15) is 4.79 Å². The van der Waals surface area contributed by atoms with Crippen LogP contribution in [0.3, 0.4) is 0 Å². The summed E-state index contributed by atoms with van der Waals surface area (Å²) >= 11 is 1.71. The van der Waals surface area contributed by atoms with Gasteiger partial charge >= 0.3 is 0 Å². The molecule has 4 heteroatoms. The van der Waals surface area contributed by atoms with Gasteiger partial charge in [0.1, 0.15) is 11.4 Å². The standard InChI is InChI=1S/C12H10N2OS/c15-8-10-11(9-4-2-1-3-5-9)13-12-14(10)6-7-16-12/h1-5,8H,6-7H2. The van der Waals surface area contributed by atoms with Crippen molar-refractivity contribution in [3.8, 4) is 11.3 Å². The van der Waals surface area contributed by atoms with E-state index in [1.54, 1.807) is 11.8 Å². The van der Waals surface area contributed by atoms with Crippen molar-refractivity contribution in [1.82, 2.24) is 9.55 Å². The molecular formula is C12H10N2OS. The molecule has 0 N–H and O–H groups in total. The largest absolute Gasteiger partial charge is 0.315 e. The molecule has 80 valence electrons. The van der Waals surface area contributed by atoms with E-state index in [2.05, 4.69) is 4.98 Å². The van der Waals surface area contributed by atoms with Gasteiger partial charge in [0, 0.05) is 17.9 Å². The monoisotopic (exact) mass is 230 g/mol. The average molecular weight is 230 g/mol. The SMILES string of the molecule is O=Cc1c(-c2ccccc2)nc2n1CCS2. The molecule has 1 aromatic heterocycles. The lowest BCUT2D eigenvalue weighted by atomic mass is 10.1. The summed E-state index contributed by atoms with van der Waals surface area (Å²) in [6.07, 6.45) is 0.907. The number of carbonyl (C=O) groups is 1. The summed E-state index contributed by atoms with van der Waals surface area (Å²) in [6.45, 7) is 0.883. The maximum Gasteiger partial charge on any atom is 0.169 e. The van der Waals surface area contributed by atoms with Crippen molar-refractivity contribution < 1.29 is 4.79 Å². The quantitative estimate of drug-likeness (QED) is 0.743. The van der Waals surface area contributed by atoms with Crippen LogP contribution in [0.15, 0.2) is 35.5 Å². The lowest BCUT2D eigenvalue weighted by Gasteiger charge is -2.00. The molecule has 1 aromatic carbocycles. The van der Waals surface area contributed by atoms with Crippen LogP contribution in [0.1, 0.15) is 10.5 Å². The Morgan fingerprint density at radius 2 is 2.12 bits per heavy atom. The van der Waals surface area contributed by atoms with Crippen molar-refractivity contribution in [2.75, 3.05) is 5.75 Å². The van der Waals surface area contributed by atoms with Crippen molar-refractivity contribution in [2.24, 2.45) is 0 Å². The first-order chi connectivity index (χ1) is 7.90. The van der Waals surface area contributed by atoms with E-state index in [-0.39, 0.29) is 0 Å². The van der Waals surface area contributed by atoms with Crippen molar-refractivity contribution in [3.63, 3.8) is 0 Å². The van der Waals surface area contributed by atoms with Gasteiger partial charge in [-0.05, 0) is 0 Å². The number of nitrogens with zero attached hydrogens (tertiary/aromatic N) is 2. The first-order valence-electron chi connectivity index (χ1n) is 5.14. The van der Waals surface area contributed by atoms with Gasteiger partial charge in [0.15, 0.2) is 11.4 Å². The second-order valence-electron chi connectivity index (χ2n) is 3.61. The summed E-state index contributed by atoms with van der Waals surface area (Å²) < 4.78 is 2.00. The third kappa shape index (κ3) is 1.38. The maximum absolute atomic E-state index is 11.2. The molecule has 0 saturated heterocycles. The van der Waals surface area contributed by atoms with Crippen molar-refractivity contribution in [2.45, 2.75) is 11.7 Å². The molecule has 0 unspecified atom stereocenters. The number of hydrogen-bond acceptors (Lipinski definition) is 3. The zero-order valence-electron chi connectivity index (χ0n) is 8.59. The third-order valence-electron chi connectivity index (χ3n) is 2.68. The van der Waals surface area contributed by atoms with Crippen LogP contribution in [-0.2, 0) is 6.54 Å².